The number of benzene rings is 2. The van der Waals surface area contributed by atoms with E-state index in [2.05, 4.69) is 20.3 Å². The summed E-state index contributed by atoms with van der Waals surface area (Å²) in [4.78, 5) is 13.3. The SMILES string of the molecule is CCOc1nc2nc(n1)Nc1ccc(cc1)OCC=CCOc1ccc(cc1)C2. The molecule has 0 amide bonds. The third kappa shape index (κ3) is 5.22. The van der Waals surface area contributed by atoms with Crippen LogP contribution in [0.15, 0.2) is 60.7 Å². The zero-order valence-corrected chi connectivity index (χ0v) is 16.2. The van der Waals surface area contributed by atoms with Crippen molar-refractivity contribution in [2.24, 2.45) is 0 Å². The first kappa shape index (κ1) is 18.7. The lowest BCUT2D eigenvalue weighted by atomic mass is 10.1. The van der Waals surface area contributed by atoms with Gasteiger partial charge in [0.05, 0.1) is 6.61 Å². The summed E-state index contributed by atoms with van der Waals surface area (Å²) in [5.41, 5.74) is 1.92. The Kier molecular flexibility index (Phi) is 5.85. The van der Waals surface area contributed by atoms with Gasteiger partial charge in [-0.1, -0.05) is 12.1 Å². The minimum absolute atomic E-state index is 0.303. The largest absolute Gasteiger partial charge is 0.490 e. The van der Waals surface area contributed by atoms with Crippen molar-refractivity contribution < 1.29 is 14.2 Å². The summed E-state index contributed by atoms with van der Waals surface area (Å²) in [5.74, 6) is 2.65. The molecular formula is C22H22N4O3. The van der Waals surface area contributed by atoms with Gasteiger partial charge in [0, 0.05) is 12.1 Å². The van der Waals surface area contributed by atoms with Crippen molar-refractivity contribution in [2.45, 2.75) is 13.3 Å². The van der Waals surface area contributed by atoms with Crippen LogP contribution in [0.4, 0.5) is 11.6 Å². The monoisotopic (exact) mass is 390 g/mol. The molecule has 0 saturated heterocycles. The molecule has 2 aromatic carbocycles. The van der Waals surface area contributed by atoms with Gasteiger partial charge in [0.1, 0.15) is 30.5 Å². The highest BCUT2D eigenvalue weighted by molar-refractivity contribution is 5.54. The fourth-order valence-electron chi connectivity index (χ4n) is 2.80. The van der Waals surface area contributed by atoms with E-state index in [9.17, 15) is 0 Å². The van der Waals surface area contributed by atoms with E-state index in [0.717, 1.165) is 22.7 Å². The summed E-state index contributed by atoms with van der Waals surface area (Å²) in [6.07, 6.45) is 4.44. The molecule has 0 aliphatic carbocycles. The maximum atomic E-state index is 5.73. The zero-order valence-electron chi connectivity index (χ0n) is 16.2. The predicted octanol–water partition coefficient (Wildman–Crippen LogP) is 3.93. The third-order valence-electron chi connectivity index (χ3n) is 4.19. The van der Waals surface area contributed by atoms with Crippen LogP contribution in [0.5, 0.6) is 17.5 Å². The molecule has 7 heteroatoms. The third-order valence-corrected chi connectivity index (χ3v) is 4.19. The predicted molar refractivity (Wildman–Crippen MR) is 110 cm³/mol. The van der Waals surface area contributed by atoms with Gasteiger partial charge in [0.2, 0.25) is 5.95 Å². The number of nitrogens with zero attached hydrogens (tertiary/aromatic N) is 3. The summed E-state index contributed by atoms with van der Waals surface area (Å²) >= 11 is 0. The number of anilines is 2. The molecule has 0 spiro atoms. The zero-order chi connectivity index (χ0) is 19.9. The van der Waals surface area contributed by atoms with Crippen LogP contribution >= 0.6 is 0 Å². The molecule has 4 aliphatic rings. The van der Waals surface area contributed by atoms with Gasteiger partial charge in [0.25, 0.3) is 0 Å². The normalized spacial score (nSPS) is 13.4. The second-order valence-electron chi connectivity index (χ2n) is 6.35. The number of ether oxygens (including phenoxy) is 3. The summed E-state index contributed by atoms with van der Waals surface area (Å²) in [6, 6.07) is 15.8. The average Bonchev–Trinajstić information content (AvgIpc) is 2.73. The number of hydrogen-bond acceptors (Lipinski definition) is 7. The topological polar surface area (TPSA) is 78.4 Å². The molecule has 1 N–H and O–H groups in total. The van der Waals surface area contributed by atoms with Crippen LogP contribution in [0, 0.1) is 0 Å². The van der Waals surface area contributed by atoms with Crippen LogP contribution in [0.3, 0.4) is 0 Å². The Hall–Kier alpha value is -3.61. The fraction of sp³-hybridized carbons (Fsp3) is 0.227. The molecule has 4 aliphatic heterocycles. The average molecular weight is 390 g/mol. The van der Waals surface area contributed by atoms with E-state index in [-0.39, 0.29) is 0 Å². The van der Waals surface area contributed by atoms with Gasteiger partial charge in [-0.3, -0.25) is 0 Å². The smallest absolute Gasteiger partial charge is 0.321 e. The Morgan fingerprint density at radius 3 is 2.17 bits per heavy atom. The Bertz CT molecular complexity index is 899. The van der Waals surface area contributed by atoms with Crippen molar-refractivity contribution in [1.29, 1.82) is 0 Å². The van der Waals surface area contributed by atoms with Crippen molar-refractivity contribution in [2.75, 3.05) is 25.1 Å². The van der Waals surface area contributed by atoms with Crippen LogP contribution in [-0.4, -0.2) is 34.8 Å². The standard InChI is InChI=1S/C22H22N4O3/c1-2-27-22-25-20-15-16-5-9-18(10-6-16)28-13-3-4-14-29-19-11-7-17(8-12-19)23-21(24-20)26-22/h3-12H,2,13-15H2,1H3,(H,23,24,25,26). The van der Waals surface area contributed by atoms with Gasteiger partial charge < -0.3 is 19.5 Å². The molecule has 6 bridgehead atoms. The maximum absolute atomic E-state index is 5.73. The summed E-state index contributed by atoms with van der Waals surface area (Å²) < 4.78 is 17.0. The Morgan fingerprint density at radius 1 is 0.862 bits per heavy atom. The van der Waals surface area contributed by atoms with Crippen molar-refractivity contribution in [3.63, 3.8) is 0 Å². The van der Waals surface area contributed by atoms with Crippen LogP contribution in [0.25, 0.3) is 0 Å². The molecular weight excluding hydrogens is 368 g/mol. The van der Waals surface area contributed by atoms with Gasteiger partial charge in [-0.15, -0.1) is 0 Å². The van der Waals surface area contributed by atoms with E-state index in [1.165, 1.54) is 0 Å². The van der Waals surface area contributed by atoms with E-state index < -0.39 is 0 Å². The van der Waals surface area contributed by atoms with Gasteiger partial charge in [0.15, 0.2) is 0 Å². The van der Waals surface area contributed by atoms with E-state index in [4.69, 9.17) is 14.2 Å². The van der Waals surface area contributed by atoms with E-state index >= 15 is 0 Å². The molecule has 5 heterocycles. The summed E-state index contributed by atoms with van der Waals surface area (Å²) in [6.45, 7) is 3.34. The van der Waals surface area contributed by atoms with Gasteiger partial charge in [-0.25, -0.2) is 0 Å². The van der Waals surface area contributed by atoms with Crippen molar-refractivity contribution >= 4 is 11.6 Å². The highest BCUT2D eigenvalue weighted by Gasteiger charge is 2.09. The lowest BCUT2D eigenvalue weighted by Crippen LogP contribution is -2.07. The molecule has 0 fully saturated rings. The quantitative estimate of drug-likeness (QED) is 0.664. The van der Waals surface area contributed by atoms with Gasteiger partial charge in [-0.05, 0) is 61.0 Å². The number of rotatable bonds is 2. The Labute approximate surface area is 169 Å². The molecule has 0 radical (unpaired) electrons. The number of nitrogens with one attached hydrogen (secondary N) is 1. The fourth-order valence-corrected chi connectivity index (χ4v) is 2.80. The first-order valence-corrected chi connectivity index (χ1v) is 9.53. The van der Waals surface area contributed by atoms with Crippen molar-refractivity contribution in [3.8, 4) is 17.5 Å². The van der Waals surface area contributed by atoms with Crippen LogP contribution in [0.2, 0.25) is 0 Å². The summed E-state index contributed by atoms with van der Waals surface area (Å²) in [5, 5.41) is 3.21. The first-order chi connectivity index (χ1) is 14.3. The first-order valence-electron chi connectivity index (χ1n) is 9.53. The van der Waals surface area contributed by atoms with Crippen LogP contribution < -0.4 is 19.5 Å². The molecule has 7 rings (SSSR count). The van der Waals surface area contributed by atoms with E-state index in [1.807, 2.05) is 67.6 Å². The van der Waals surface area contributed by atoms with Gasteiger partial charge in [-0.2, -0.15) is 15.0 Å². The molecule has 29 heavy (non-hydrogen) atoms. The molecule has 0 unspecified atom stereocenters. The highest BCUT2D eigenvalue weighted by Crippen LogP contribution is 2.21. The molecule has 0 atom stereocenters. The van der Waals surface area contributed by atoms with Crippen molar-refractivity contribution in [3.05, 3.63) is 72.1 Å². The number of hydrogen-bond donors (Lipinski definition) is 1. The molecule has 7 nitrogen and oxygen atoms in total. The minimum atomic E-state index is 0.303. The highest BCUT2D eigenvalue weighted by atomic mass is 16.5. The molecule has 0 saturated carbocycles. The Morgan fingerprint density at radius 2 is 1.52 bits per heavy atom. The van der Waals surface area contributed by atoms with Gasteiger partial charge >= 0.3 is 6.01 Å². The molecule has 148 valence electrons. The van der Waals surface area contributed by atoms with Crippen LogP contribution in [0.1, 0.15) is 18.3 Å². The van der Waals surface area contributed by atoms with Crippen LogP contribution in [-0.2, 0) is 6.42 Å². The maximum Gasteiger partial charge on any atom is 0.321 e. The second-order valence-corrected chi connectivity index (χ2v) is 6.35. The number of aromatic nitrogens is 3. The lowest BCUT2D eigenvalue weighted by Gasteiger charge is -2.10. The van der Waals surface area contributed by atoms with Crippen molar-refractivity contribution in [1.82, 2.24) is 15.0 Å². The van der Waals surface area contributed by atoms with E-state index in [0.29, 0.717) is 44.0 Å². The second kappa shape index (κ2) is 9.05. The minimum Gasteiger partial charge on any atom is -0.490 e. The lowest BCUT2D eigenvalue weighted by molar-refractivity contribution is 0.310. The van der Waals surface area contributed by atoms with E-state index in [1.54, 1.807) is 0 Å². The Balaban J connectivity index is 1.66. The molecule has 3 aromatic rings. The summed E-state index contributed by atoms with van der Waals surface area (Å²) in [7, 11) is 0. The molecule has 1 aromatic heterocycles.